The topological polar surface area (TPSA) is 96.4 Å². The van der Waals surface area contributed by atoms with Gasteiger partial charge in [-0.25, -0.2) is 22.5 Å². The van der Waals surface area contributed by atoms with E-state index in [4.69, 9.17) is 0 Å². The summed E-state index contributed by atoms with van der Waals surface area (Å²) in [6, 6.07) is 1.15. The van der Waals surface area contributed by atoms with Crippen LogP contribution in [0.2, 0.25) is 0 Å². The Morgan fingerprint density at radius 3 is 2.50 bits per heavy atom. The number of hydrogen-bond donors (Lipinski definition) is 2. The van der Waals surface area contributed by atoms with E-state index in [2.05, 4.69) is 20.4 Å². The zero-order valence-corrected chi connectivity index (χ0v) is 9.45. The third-order valence-electron chi connectivity index (χ3n) is 2.63. The Balaban J connectivity index is 2.51. The van der Waals surface area contributed by atoms with E-state index in [1.807, 2.05) is 0 Å². The number of aromatic nitrogens is 5. The smallest absolute Gasteiger partial charge is 0.288 e. The molecule has 0 unspecified atom stereocenters. The van der Waals surface area contributed by atoms with Gasteiger partial charge in [-0.1, -0.05) is 0 Å². The molecule has 0 saturated heterocycles. The predicted octanol–water partition coefficient (Wildman–Crippen LogP) is 0.214. The van der Waals surface area contributed by atoms with Crippen molar-refractivity contribution in [3.05, 3.63) is 50.4 Å². The largest absolute Gasteiger partial charge is 0.334 e. The van der Waals surface area contributed by atoms with Gasteiger partial charge >= 0.3 is 5.69 Å². The highest BCUT2D eigenvalue weighted by Gasteiger charge is 2.21. The predicted molar refractivity (Wildman–Crippen MR) is 60.0 cm³/mol. The summed E-state index contributed by atoms with van der Waals surface area (Å²) in [7, 11) is 0. The third kappa shape index (κ3) is 1.54. The first-order valence-corrected chi connectivity index (χ1v) is 5.20. The van der Waals surface area contributed by atoms with E-state index < -0.39 is 34.4 Å². The van der Waals surface area contributed by atoms with Crippen molar-refractivity contribution in [2.75, 3.05) is 0 Å². The van der Waals surface area contributed by atoms with Crippen LogP contribution < -0.4 is 11.2 Å². The lowest BCUT2D eigenvalue weighted by atomic mass is 10.2. The van der Waals surface area contributed by atoms with Crippen LogP contribution in [0.25, 0.3) is 16.9 Å². The zero-order chi connectivity index (χ0) is 14.4. The quantitative estimate of drug-likeness (QED) is 0.624. The van der Waals surface area contributed by atoms with Crippen molar-refractivity contribution < 1.29 is 13.2 Å². The number of H-pyrrole nitrogens is 2. The van der Waals surface area contributed by atoms with Crippen LogP contribution in [-0.2, 0) is 0 Å². The second-order valence-electron chi connectivity index (χ2n) is 3.78. The van der Waals surface area contributed by atoms with Crippen LogP contribution in [0.5, 0.6) is 0 Å². The minimum Gasteiger partial charge on any atom is -0.288 e. The molecular formula is C10H4F3N5O2. The van der Waals surface area contributed by atoms with Crippen LogP contribution in [0.15, 0.2) is 21.7 Å². The molecule has 3 aromatic rings. The van der Waals surface area contributed by atoms with Crippen LogP contribution in [-0.4, -0.2) is 25.0 Å². The lowest BCUT2D eigenvalue weighted by Crippen LogP contribution is -2.35. The Bertz CT molecular complexity index is 942. The molecule has 1 aromatic carbocycles. The van der Waals surface area contributed by atoms with Gasteiger partial charge in [0.2, 0.25) is 0 Å². The average Bonchev–Trinajstić information content (AvgIpc) is 2.86. The third-order valence-corrected chi connectivity index (χ3v) is 2.63. The fourth-order valence-electron chi connectivity index (χ4n) is 1.75. The first-order chi connectivity index (χ1) is 9.50. The molecule has 2 aromatic heterocycles. The summed E-state index contributed by atoms with van der Waals surface area (Å²) in [5, 5.41) is 9.00. The first kappa shape index (κ1) is 12.1. The Hall–Kier alpha value is -2.91. The molecule has 20 heavy (non-hydrogen) atoms. The Morgan fingerprint density at radius 1 is 1.05 bits per heavy atom. The molecule has 0 atom stereocenters. The van der Waals surface area contributed by atoms with E-state index in [1.54, 1.807) is 0 Å². The molecule has 0 aliphatic carbocycles. The van der Waals surface area contributed by atoms with Gasteiger partial charge in [0.25, 0.3) is 5.56 Å². The van der Waals surface area contributed by atoms with Crippen LogP contribution in [0.1, 0.15) is 0 Å². The summed E-state index contributed by atoms with van der Waals surface area (Å²) >= 11 is 0. The second-order valence-corrected chi connectivity index (χ2v) is 3.78. The molecule has 2 heterocycles. The summed E-state index contributed by atoms with van der Waals surface area (Å²) < 4.78 is 40.6. The number of nitrogens with one attached hydrogen (secondary N) is 2. The van der Waals surface area contributed by atoms with Crippen molar-refractivity contribution in [2.45, 2.75) is 0 Å². The Morgan fingerprint density at radius 2 is 1.75 bits per heavy atom. The van der Waals surface area contributed by atoms with E-state index in [0.717, 1.165) is 0 Å². The van der Waals surface area contributed by atoms with Crippen molar-refractivity contribution in [1.29, 1.82) is 0 Å². The number of aromatic amines is 2. The standard InChI is InChI=1S/C10H4F3N5O2/c11-3-1-2-4(12)7(5(3)13)18-9(19)6-8(14-10(18)20)16-17-15-6/h1-2H,(H2,14,15,16,17,20). The molecule has 0 bridgehead atoms. The van der Waals surface area contributed by atoms with E-state index in [0.29, 0.717) is 12.1 Å². The Kier molecular flexibility index (Phi) is 2.46. The van der Waals surface area contributed by atoms with Crippen molar-refractivity contribution in [1.82, 2.24) is 25.0 Å². The summed E-state index contributed by atoms with van der Waals surface area (Å²) in [5.74, 6) is -4.31. The molecule has 0 radical (unpaired) electrons. The zero-order valence-electron chi connectivity index (χ0n) is 9.45. The number of benzene rings is 1. The van der Waals surface area contributed by atoms with Gasteiger partial charge in [0, 0.05) is 0 Å². The number of fused-ring (bicyclic) bond motifs is 1. The van der Waals surface area contributed by atoms with Crippen molar-refractivity contribution >= 4 is 11.2 Å². The first-order valence-electron chi connectivity index (χ1n) is 5.20. The summed E-state index contributed by atoms with van der Waals surface area (Å²) in [4.78, 5) is 25.8. The lowest BCUT2D eigenvalue weighted by Gasteiger charge is -2.07. The van der Waals surface area contributed by atoms with E-state index in [-0.39, 0.29) is 15.7 Å². The molecule has 7 nitrogen and oxygen atoms in total. The minimum atomic E-state index is -1.65. The van der Waals surface area contributed by atoms with E-state index in [1.165, 1.54) is 0 Å². The molecule has 102 valence electrons. The highest BCUT2D eigenvalue weighted by atomic mass is 19.2. The number of rotatable bonds is 1. The molecular weight excluding hydrogens is 279 g/mol. The molecule has 0 amide bonds. The fraction of sp³-hybridized carbons (Fsp3) is 0. The normalized spacial score (nSPS) is 11.2. The minimum absolute atomic E-state index is 0.124. The van der Waals surface area contributed by atoms with Crippen LogP contribution >= 0.6 is 0 Å². The summed E-state index contributed by atoms with van der Waals surface area (Å²) in [6.07, 6.45) is 0. The van der Waals surface area contributed by atoms with Gasteiger partial charge in [0.1, 0.15) is 5.69 Å². The highest BCUT2D eigenvalue weighted by Crippen LogP contribution is 2.17. The van der Waals surface area contributed by atoms with Gasteiger partial charge in [0.05, 0.1) is 0 Å². The Labute approximate surface area is 106 Å². The van der Waals surface area contributed by atoms with Gasteiger partial charge in [-0.05, 0) is 12.1 Å². The SMILES string of the molecule is O=c1[nH]c2n[nH]nc2c(=O)n1-c1c(F)ccc(F)c1F. The van der Waals surface area contributed by atoms with Gasteiger partial charge in [-0.3, -0.25) is 9.78 Å². The fourth-order valence-corrected chi connectivity index (χ4v) is 1.75. The highest BCUT2D eigenvalue weighted by molar-refractivity contribution is 5.67. The number of halogens is 3. The number of hydrogen-bond acceptors (Lipinski definition) is 4. The molecule has 0 aliphatic heterocycles. The van der Waals surface area contributed by atoms with Gasteiger partial charge in [-0.2, -0.15) is 5.21 Å². The van der Waals surface area contributed by atoms with E-state index in [9.17, 15) is 22.8 Å². The van der Waals surface area contributed by atoms with Crippen molar-refractivity contribution in [2.24, 2.45) is 0 Å². The molecule has 2 N–H and O–H groups in total. The van der Waals surface area contributed by atoms with Gasteiger partial charge in [0.15, 0.2) is 28.6 Å². The van der Waals surface area contributed by atoms with Crippen LogP contribution in [0.3, 0.4) is 0 Å². The molecule has 0 saturated carbocycles. The van der Waals surface area contributed by atoms with Crippen molar-refractivity contribution in [3.8, 4) is 5.69 Å². The monoisotopic (exact) mass is 283 g/mol. The van der Waals surface area contributed by atoms with Gasteiger partial charge < -0.3 is 0 Å². The molecule has 0 spiro atoms. The maximum atomic E-state index is 13.7. The maximum Gasteiger partial charge on any atom is 0.334 e. The van der Waals surface area contributed by atoms with Gasteiger partial charge in [-0.15, -0.1) is 10.2 Å². The molecule has 3 rings (SSSR count). The summed E-state index contributed by atoms with van der Waals surface area (Å²) in [5.41, 5.74) is -3.91. The number of nitrogens with zero attached hydrogens (tertiary/aromatic N) is 3. The molecule has 10 heteroatoms. The van der Waals surface area contributed by atoms with Crippen molar-refractivity contribution in [3.63, 3.8) is 0 Å². The molecule has 0 fully saturated rings. The maximum absolute atomic E-state index is 13.7. The average molecular weight is 283 g/mol. The van der Waals surface area contributed by atoms with Crippen LogP contribution in [0, 0.1) is 17.5 Å². The molecule has 0 aliphatic rings. The second kappa shape index (κ2) is 4.05. The van der Waals surface area contributed by atoms with E-state index >= 15 is 0 Å². The summed E-state index contributed by atoms with van der Waals surface area (Å²) in [6.45, 7) is 0. The van der Waals surface area contributed by atoms with Crippen LogP contribution in [0.4, 0.5) is 13.2 Å². The lowest BCUT2D eigenvalue weighted by molar-refractivity contribution is 0.485.